The Labute approximate surface area is 151 Å². The molecule has 1 aromatic rings. The summed E-state index contributed by atoms with van der Waals surface area (Å²) in [5.41, 5.74) is 0.471. The van der Waals surface area contributed by atoms with Gasteiger partial charge in [0.15, 0.2) is 0 Å². The highest BCUT2D eigenvalue weighted by molar-refractivity contribution is 7.89. The lowest BCUT2D eigenvalue weighted by Gasteiger charge is -2.30. The van der Waals surface area contributed by atoms with Gasteiger partial charge in [-0.2, -0.15) is 4.31 Å². The van der Waals surface area contributed by atoms with Crippen molar-refractivity contribution in [2.75, 3.05) is 13.1 Å². The molecule has 0 saturated carbocycles. The van der Waals surface area contributed by atoms with Crippen molar-refractivity contribution in [1.82, 2.24) is 4.31 Å². The SMILES string of the molecule is CC(C)CN(CC(C)C)S(=O)(=O)c1ccc2c(c1)C1OC1C(C)(C)O2. The monoisotopic (exact) mass is 367 g/mol. The molecule has 6 heteroatoms. The van der Waals surface area contributed by atoms with Crippen molar-refractivity contribution < 1.29 is 17.9 Å². The van der Waals surface area contributed by atoms with E-state index in [1.54, 1.807) is 22.5 Å². The van der Waals surface area contributed by atoms with Gasteiger partial charge in [0, 0.05) is 18.7 Å². The van der Waals surface area contributed by atoms with Gasteiger partial charge in [-0.1, -0.05) is 27.7 Å². The second kappa shape index (κ2) is 6.25. The van der Waals surface area contributed by atoms with E-state index in [1.807, 2.05) is 41.5 Å². The molecule has 1 saturated heterocycles. The van der Waals surface area contributed by atoms with E-state index in [0.717, 1.165) is 11.3 Å². The number of sulfonamides is 1. The first-order chi connectivity index (χ1) is 11.5. The van der Waals surface area contributed by atoms with Crippen LogP contribution in [-0.4, -0.2) is 37.5 Å². The highest BCUT2D eigenvalue weighted by Crippen LogP contribution is 2.54. The minimum atomic E-state index is -3.54. The maximum Gasteiger partial charge on any atom is 0.243 e. The number of nitrogens with zero attached hydrogens (tertiary/aromatic N) is 1. The molecule has 0 spiro atoms. The first-order valence-corrected chi connectivity index (χ1v) is 10.4. The normalized spacial score (nSPS) is 24.2. The molecule has 0 aromatic heterocycles. The number of hydrogen-bond donors (Lipinski definition) is 0. The van der Waals surface area contributed by atoms with Crippen LogP contribution in [0.15, 0.2) is 23.1 Å². The van der Waals surface area contributed by atoms with Crippen LogP contribution in [0.5, 0.6) is 5.75 Å². The Bertz CT molecular complexity index is 745. The molecule has 2 heterocycles. The van der Waals surface area contributed by atoms with Crippen LogP contribution >= 0.6 is 0 Å². The average Bonchev–Trinajstić information content (AvgIpc) is 3.26. The van der Waals surface area contributed by atoms with Gasteiger partial charge in [0.2, 0.25) is 10.0 Å². The van der Waals surface area contributed by atoms with Gasteiger partial charge in [-0.15, -0.1) is 0 Å². The zero-order valence-electron chi connectivity index (χ0n) is 15.9. The zero-order valence-corrected chi connectivity index (χ0v) is 16.8. The summed E-state index contributed by atoms with van der Waals surface area (Å²) in [5, 5.41) is 0. The van der Waals surface area contributed by atoms with Crippen LogP contribution in [0.2, 0.25) is 0 Å². The van der Waals surface area contributed by atoms with Crippen LogP contribution in [0.4, 0.5) is 0 Å². The van der Waals surface area contributed by atoms with Crippen molar-refractivity contribution in [3.05, 3.63) is 23.8 Å². The predicted octanol–water partition coefficient (Wildman–Crippen LogP) is 3.60. The molecule has 0 aliphatic carbocycles. The number of ether oxygens (including phenoxy) is 2. The number of epoxide rings is 1. The summed E-state index contributed by atoms with van der Waals surface area (Å²) in [6.07, 6.45) is -0.0575. The van der Waals surface area contributed by atoms with Crippen molar-refractivity contribution in [3.8, 4) is 5.75 Å². The Morgan fingerprint density at radius 1 is 1.12 bits per heavy atom. The van der Waals surface area contributed by atoms with E-state index in [1.165, 1.54) is 0 Å². The van der Waals surface area contributed by atoms with E-state index in [-0.39, 0.29) is 29.6 Å². The smallest absolute Gasteiger partial charge is 0.243 e. The number of hydrogen-bond acceptors (Lipinski definition) is 4. The van der Waals surface area contributed by atoms with E-state index in [4.69, 9.17) is 9.47 Å². The molecule has 2 atom stereocenters. The van der Waals surface area contributed by atoms with Crippen molar-refractivity contribution in [2.45, 2.75) is 64.2 Å². The molecule has 2 aliphatic heterocycles. The molecule has 140 valence electrons. The number of rotatable bonds is 6. The van der Waals surface area contributed by atoms with Gasteiger partial charge in [-0.05, 0) is 43.9 Å². The van der Waals surface area contributed by atoms with Crippen LogP contribution in [0.1, 0.15) is 53.2 Å². The number of fused-ring (bicyclic) bond motifs is 3. The van der Waals surface area contributed by atoms with Crippen molar-refractivity contribution in [2.24, 2.45) is 11.8 Å². The van der Waals surface area contributed by atoms with Crippen LogP contribution < -0.4 is 4.74 Å². The van der Waals surface area contributed by atoms with Crippen molar-refractivity contribution >= 4 is 10.0 Å². The molecule has 2 unspecified atom stereocenters. The molecular weight excluding hydrogens is 338 g/mol. The quantitative estimate of drug-likeness (QED) is 0.721. The highest BCUT2D eigenvalue weighted by Gasteiger charge is 2.56. The fourth-order valence-electron chi connectivity index (χ4n) is 3.46. The molecule has 3 rings (SSSR count). The second-order valence-electron chi connectivity index (χ2n) is 8.49. The molecule has 25 heavy (non-hydrogen) atoms. The standard InChI is InChI=1S/C19H29NO4S/c1-12(2)10-20(11-13(3)4)25(21,22)14-7-8-16-15(9-14)17-18(23-17)19(5,6)24-16/h7-9,12-13,17-18H,10-11H2,1-6H3. The lowest BCUT2D eigenvalue weighted by molar-refractivity contribution is 0.0724. The van der Waals surface area contributed by atoms with Gasteiger partial charge >= 0.3 is 0 Å². The van der Waals surface area contributed by atoms with Gasteiger partial charge in [0.1, 0.15) is 23.6 Å². The zero-order chi connectivity index (χ0) is 18.6. The maximum atomic E-state index is 13.2. The summed E-state index contributed by atoms with van der Waals surface area (Å²) in [5.74, 6) is 1.26. The summed E-state index contributed by atoms with van der Waals surface area (Å²) in [6.45, 7) is 13.2. The van der Waals surface area contributed by atoms with Gasteiger partial charge in [-0.25, -0.2) is 8.42 Å². The van der Waals surface area contributed by atoms with Crippen molar-refractivity contribution in [3.63, 3.8) is 0 Å². The molecule has 0 bridgehead atoms. The van der Waals surface area contributed by atoms with E-state index >= 15 is 0 Å². The van der Waals surface area contributed by atoms with Gasteiger partial charge < -0.3 is 9.47 Å². The van der Waals surface area contributed by atoms with Gasteiger partial charge in [-0.3, -0.25) is 0 Å². The average molecular weight is 368 g/mol. The maximum absolute atomic E-state index is 13.2. The van der Waals surface area contributed by atoms with E-state index in [0.29, 0.717) is 18.0 Å². The summed E-state index contributed by atoms with van der Waals surface area (Å²) < 4.78 is 39.7. The molecule has 5 nitrogen and oxygen atoms in total. The van der Waals surface area contributed by atoms with Gasteiger partial charge in [0.25, 0.3) is 0 Å². The van der Waals surface area contributed by atoms with E-state index in [9.17, 15) is 8.42 Å². The lowest BCUT2D eigenvalue weighted by atomic mass is 9.94. The minimum absolute atomic E-state index is 0.000357. The van der Waals surface area contributed by atoms with Crippen LogP contribution in [-0.2, 0) is 14.8 Å². The number of benzene rings is 1. The Hall–Kier alpha value is -1.11. The lowest BCUT2D eigenvalue weighted by Crippen LogP contribution is -2.38. The highest BCUT2D eigenvalue weighted by atomic mass is 32.2. The Balaban J connectivity index is 1.94. The third-order valence-electron chi connectivity index (χ3n) is 4.61. The molecular formula is C19H29NO4S. The second-order valence-corrected chi connectivity index (χ2v) is 10.4. The Morgan fingerprint density at radius 3 is 2.28 bits per heavy atom. The third-order valence-corrected chi connectivity index (χ3v) is 6.44. The summed E-state index contributed by atoms with van der Waals surface area (Å²) in [4.78, 5) is 0.324. The fraction of sp³-hybridized carbons (Fsp3) is 0.684. The largest absolute Gasteiger partial charge is 0.485 e. The van der Waals surface area contributed by atoms with Crippen molar-refractivity contribution in [1.29, 1.82) is 0 Å². The molecule has 1 fully saturated rings. The van der Waals surface area contributed by atoms with Gasteiger partial charge in [0.05, 0.1) is 4.90 Å². The predicted molar refractivity (Wildman–Crippen MR) is 97.2 cm³/mol. The molecule has 0 amide bonds. The third kappa shape index (κ3) is 3.57. The fourth-order valence-corrected chi connectivity index (χ4v) is 5.26. The Kier molecular flexibility index (Phi) is 4.67. The van der Waals surface area contributed by atoms with E-state index < -0.39 is 10.0 Å². The Morgan fingerprint density at radius 2 is 1.72 bits per heavy atom. The summed E-state index contributed by atoms with van der Waals surface area (Å²) in [6, 6.07) is 5.16. The molecule has 2 aliphatic rings. The molecule has 0 radical (unpaired) electrons. The molecule has 0 N–H and O–H groups in total. The minimum Gasteiger partial charge on any atom is -0.485 e. The first kappa shape index (κ1) is 18.7. The molecule has 1 aromatic carbocycles. The van der Waals surface area contributed by atoms with Crippen LogP contribution in [0.25, 0.3) is 0 Å². The van der Waals surface area contributed by atoms with Crippen LogP contribution in [0, 0.1) is 11.8 Å². The first-order valence-electron chi connectivity index (χ1n) is 9.01. The van der Waals surface area contributed by atoms with E-state index in [2.05, 4.69) is 0 Å². The topological polar surface area (TPSA) is 59.1 Å². The summed E-state index contributed by atoms with van der Waals surface area (Å²) >= 11 is 0. The van der Waals surface area contributed by atoms with Crippen LogP contribution in [0.3, 0.4) is 0 Å². The summed E-state index contributed by atoms with van der Waals surface area (Å²) in [7, 11) is -3.54.